The largest absolute Gasteiger partial charge is 0.481 e. The first-order valence-electron chi connectivity index (χ1n) is 7.95. The number of ether oxygens (including phenoxy) is 1. The number of hydrogen-bond donors (Lipinski definition) is 1. The summed E-state index contributed by atoms with van der Waals surface area (Å²) < 4.78 is 5.10. The van der Waals surface area contributed by atoms with Crippen LogP contribution in [0.25, 0.3) is 0 Å². The fourth-order valence-corrected chi connectivity index (χ4v) is 3.55. The Bertz CT molecular complexity index is 697. The molecule has 2 aromatic heterocycles. The maximum Gasteiger partial charge on any atom is 0.227 e. The SMILES string of the molecule is COc1cc(NC2CCN(C(=O)Cc3cnc(C)s3)CC2)ncn1. The van der Waals surface area contributed by atoms with Crippen molar-refractivity contribution >= 4 is 23.1 Å². The molecule has 1 fully saturated rings. The van der Waals surface area contributed by atoms with Gasteiger partial charge in [0.2, 0.25) is 11.8 Å². The number of hydrogen-bond acceptors (Lipinski definition) is 7. The summed E-state index contributed by atoms with van der Waals surface area (Å²) in [5, 5.41) is 4.39. The van der Waals surface area contributed by atoms with Gasteiger partial charge in [-0.2, -0.15) is 0 Å². The third-order valence-electron chi connectivity index (χ3n) is 4.05. The fraction of sp³-hybridized carbons (Fsp3) is 0.500. The van der Waals surface area contributed by atoms with E-state index in [-0.39, 0.29) is 5.91 Å². The van der Waals surface area contributed by atoms with Crippen LogP contribution in [-0.2, 0) is 11.2 Å². The number of nitrogens with zero attached hydrogens (tertiary/aromatic N) is 4. The molecule has 3 rings (SSSR count). The molecule has 0 aliphatic carbocycles. The number of piperidine rings is 1. The maximum absolute atomic E-state index is 12.4. The van der Waals surface area contributed by atoms with Gasteiger partial charge in [0.15, 0.2) is 0 Å². The van der Waals surface area contributed by atoms with E-state index in [2.05, 4.69) is 20.3 Å². The molecular formula is C16H21N5O2S. The topological polar surface area (TPSA) is 80.2 Å². The van der Waals surface area contributed by atoms with Crippen molar-refractivity contribution in [3.8, 4) is 5.88 Å². The van der Waals surface area contributed by atoms with E-state index in [0.29, 0.717) is 18.3 Å². The highest BCUT2D eigenvalue weighted by molar-refractivity contribution is 7.11. The number of rotatable bonds is 5. The first kappa shape index (κ1) is 16.6. The summed E-state index contributed by atoms with van der Waals surface area (Å²) in [6.45, 7) is 3.48. The number of thiazole rings is 1. The fourth-order valence-electron chi connectivity index (χ4n) is 2.76. The molecule has 0 bridgehead atoms. The zero-order valence-electron chi connectivity index (χ0n) is 13.9. The van der Waals surface area contributed by atoms with Crippen LogP contribution in [-0.4, -0.2) is 52.0 Å². The number of aryl methyl sites for hydroxylation is 1. The Kier molecular flexibility index (Phi) is 5.24. The minimum Gasteiger partial charge on any atom is -0.481 e. The minimum atomic E-state index is 0.181. The van der Waals surface area contributed by atoms with Crippen LogP contribution >= 0.6 is 11.3 Å². The van der Waals surface area contributed by atoms with Crippen LogP contribution in [0.4, 0.5) is 5.82 Å². The van der Waals surface area contributed by atoms with Crippen LogP contribution in [0.15, 0.2) is 18.6 Å². The van der Waals surface area contributed by atoms with Crippen LogP contribution in [0.5, 0.6) is 5.88 Å². The van der Waals surface area contributed by atoms with Gasteiger partial charge in [0.05, 0.1) is 18.5 Å². The third kappa shape index (κ3) is 4.19. The summed E-state index contributed by atoms with van der Waals surface area (Å²) in [5.74, 6) is 1.48. The van der Waals surface area contributed by atoms with Crippen LogP contribution in [0.1, 0.15) is 22.7 Å². The molecule has 0 atom stereocenters. The van der Waals surface area contributed by atoms with Gasteiger partial charge in [0.25, 0.3) is 0 Å². The zero-order valence-corrected chi connectivity index (χ0v) is 14.7. The Balaban J connectivity index is 1.49. The second kappa shape index (κ2) is 7.57. The van der Waals surface area contributed by atoms with Crippen molar-refractivity contribution in [2.45, 2.75) is 32.2 Å². The molecule has 0 spiro atoms. The van der Waals surface area contributed by atoms with Crippen LogP contribution in [0.3, 0.4) is 0 Å². The minimum absolute atomic E-state index is 0.181. The molecule has 0 aromatic carbocycles. The van der Waals surface area contributed by atoms with Gasteiger partial charge in [-0.15, -0.1) is 11.3 Å². The van der Waals surface area contributed by atoms with Gasteiger partial charge in [-0.05, 0) is 19.8 Å². The van der Waals surface area contributed by atoms with Gasteiger partial charge >= 0.3 is 0 Å². The molecule has 0 saturated carbocycles. The van der Waals surface area contributed by atoms with E-state index in [0.717, 1.165) is 41.6 Å². The number of carbonyl (C=O) groups is 1. The van der Waals surface area contributed by atoms with Gasteiger partial charge in [-0.3, -0.25) is 4.79 Å². The average Bonchev–Trinajstić information content (AvgIpc) is 3.00. The molecule has 3 heterocycles. The summed E-state index contributed by atoms with van der Waals surface area (Å²) in [6.07, 6.45) is 5.54. The molecule has 0 unspecified atom stereocenters. The number of carbonyl (C=O) groups excluding carboxylic acids is 1. The number of nitrogens with one attached hydrogen (secondary N) is 1. The van der Waals surface area contributed by atoms with Crippen molar-refractivity contribution < 1.29 is 9.53 Å². The second-order valence-corrected chi connectivity index (χ2v) is 7.09. The summed E-state index contributed by atoms with van der Waals surface area (Å²) in [7, 11) is 1.58. The highest BCUT2D eigenvalue weighted by Gasteiger charge is 2.23. The monoisotopic (exact) mass is 347 g/mol. The van der Waals surface area contributed by atoms with Gasteiger partial charge in [0.1, 0.15) is 12.1 Å². The molecule has 7 nitrogen and oxygen atoms in total. The Hall–Kier alpha value is -2.22. The molecule has 0 radical (unpaired) electrons. The van der Waals surface area contributed by atoms with Crippen molar-refractivity contribution in [1.82, 2.24) is 19.9 Å². The van der Waals surface area contributed by atoms with Crippen molar-refractivity contribution in [3.05, 3.63) is 28.5 Å². The van der Waals surface area contributed by atoms with E-state index >= 15 is 0 Å². The lowest BCUT2D eigenvalue weighted by atomic mass is 10.0. The number of anilines is 1. The highest BCUT2D eigenvalue weighted by atomic mass is 32.1. The van der Waals surface area contributed by atoms with Crippen LogP contribution < -0.4 is 10.1 Å². The molecule has 1 aliphatic heterocycles. The van der Waals surface area contributed by atoms with E-state index in [1.165, 1.54) is 6.33 Å². The molecule has 1 N–H and O–H groups in total. The number of aromatic nitrogens is 3. The van der Waals surface area contributed by atoms with Gasteiger partial charge in [0, 0.05) is 36.3 Å². The maximum atomic E-state index is 12.4. The predicted octanol–water partition coefficient (Wildman–Crippen LogP) is 1.90. The summed E-state index contributed by atoms with van der Waals surface area (Å²) in [4.78, 5) is 27.8. The average molecular weight is 347 g/mol. The molecule has 24 heavy (non-hydrogen) atoms. The summed E-state index contributed by atoms with van der Waals surface area (Å²) >= 11 is 1.59. The lowest BCUT2D eigenvalue weighted by Gasteiger charge is -2.32. The van der Waals surface area contributed by atoms with Gasteiger partial charge in [-0.1, -0.05) is 0 Å². The number of methoxy groups -OCH3 is 1. The smallest absolute Gasteiger partial charge is 0.227 e. The first-order chi connectivity index (χ1) is 11.6. The molecule has 128 valence electrons. The second-order valence-electron chi connectivity index (χ2n) is 5.77. The Morgan fingerprint density at radius 2 is 2.17 bits per heavy atom. The van der Waals surface area contributed by atoms with E-state index in [4.69, 9.17) is 4.74 Å². The van der Waals surface area contributed by atoms with Crippen molar-refractivity contribution in [2.24, 2.45) is 0 Å². The molecule has 2 aromatic rings. The van der Waals surface area contributed by atoms with Crippen molar-refractivity contribution in [3.63, 3.8) is 0 Å². The Labute approximate surface area is 145 Å². The van der Waals surface area contributed by atoms with E-state index in [9.17, 15) is 4.79 Å². The van der Waals surface area contributed by atoms with E-state index < -0.39 is 0 Å². The first-order valence-corrected chi connectivity index (χ1v) is 8.77. The van der Waals surface area contributed by atoms with E-state index in [1.54, 1.807) is 30.7 Å². The number of likely N-dealkylation sites (tertiary alicyclic amines) is 1. The van der Waals surface area contributed by atoms with Crippen molar-refractivity contribution in [2.75, 3.05) is 25.5 Å². The third-order valence-corrected chi connectivity index (χ3v) is 4.96. The Morgan fingerprint density at radius 3 is 2.83 bits per heavy atom. The lowest BCUT2D eigenvalue weighted by molar-refractivity contribution is -0.131. The zero-order chi connectivity index (χ0) is 16.9. The molecule has 8 heteroatoms. The van der Waals surface area contributed by atoms with Crippen LogP contribution in [0, 0.1) is 6.92 Å². The molecular weight excluding hydrogens is 326 g/mol. The molecule has 1 saturated heterocycles. The predicted molar refractivity (Wildman–Crippen MR) is 92.4 cm³/mol. The molecule has 1 amide bonds. The normalized spacial score (nSPS) is 15.3. The summed E-state index contributed by atoms with van der Waals surface area (Å²) in [5.41, 5.74) is 0. The van der Waals surface area contributed by atoms with Crippen LogP contribution in [0.2, 0.25) is 0 Å². The van der Waals surface area contributed by atoms with Gasteiger partial charge in [-0.25, -0.2) is 15.0 Å². The standard InChI is InChI=1S/C16H21N5O2S/c1-11-17-9-13(24-11)7-16(22)21-5-3-12(4-6-21)20-14-8-15(23-2)19-10-18-14/h8-10,12H,3-7H2,1-2H3,(H,18,19,20). The molecule has 1 aliphatic rings. The Morgan fingerprint density at radius 1 is 1.38 bits per heavy atom. The summed E-state index contributed by atoms with van der Waals surface area (Å²) in [6, 6.07) is 2.09. The van der Waals surface area contributed by atoms with E-state index in [1.807, 2.05) is 11.8 Å². The van der Waals surface area contributed by atoms with Crippen molar-refractivity contribution in [1.29, 1.82) is 0 Å². The highest BCUT2D eigenvalue weighted by Crippen LogP contribution is 2.19. The lowest BCUT2D eigenvalue weighted by Crippen LogP contribution is -2.43. The number of amides is 1. The quantitative estimate of drug-likeness (QED) is 0.890. The van der Waals surface area contributed by atoms with Gasteiger partial charge < -0.3 is 15.0 Å².